The highest BCUT2D eigenvalue weighted by atomic mass is 32.1. The van der Waals surface area contributed by atoms with E-state index in [2.05, 4.69) is 0 Å². The van der Waals surface area contributed by atoms with Gasteiger partial charge < -0.3 is 9.15 Å². The van der Waals surface area contributed by atoms with E-state index in [-0.39, 0.29) is 17.8 Å². The fourth-order valence-corrected chi connectivity index (χ4v) is 3.66. The van der Waals surface area contributed by atoms with Crippen molar-refractivity contribution in [2.45, 2.75) is 13.1 Å². The number of furan rings is 1. The Balaban J connectivity index is 1.68. The summed E-state index contributed by atoms with van der Waals surface area (Å²) in [6.45, 7) is 0.783. The second-order valence-electron chi connectivity index (χ2n) is 5.70. The van der Waals surface area contributed by atoms with E-state index in [1.54, 1.807) is 22.8 Å². The highest BCUT2D eigenvalue weighted by molar-refractivity contribution is 7.17. The van der Waals surface area contributed by atoms with Crippen LogP contribution in [-0.2, 0) is 13.1 Å². The number of rotatable bonds is 6. The lowest BCUT2D eigenvalue weighted by Gasteiger charge is -2.12. The monoisotopic (exact) mass is 368 g/mol. The first kappa shape index (κ1) is 16.4. The summed E-state index contributed by atoms with van der Waals surface area (Å²) >= 11 is 1.33. The van der Waals surface area contributed by atoms with Crippen molar-refractivity contribution in [1.29, 1.82) is 0 Å². The average molecular weight is 368 g/mol. The standard InChI is InChI=1S/C19H16N2O4S/c22-18-17-16(8-12-26-17)20(9-11-25-14-5-2-1-3-6-14)19(23)21(18)13-15-7-4-10-24-15/h1-8,10,12H,9,11,13H2. The van der Waals surface area contributed by atoms with Crippen LogP contribution < -0.4 is 16.0 Å². The van der Waals surface area contributed by atoms with Gasteiger partial charge in [-0.05, 0) is 35.7 Å². The smallest absolute Gasteiger partial charge is 0.332 e. The largest absolute Gasteiger partial charge is 0.492 e. The van der Waals surface area contributed by atoms with E-state index in [0.29, 0.717) is 29.1 Å². The first-order chi connectivity index (χ1) is 12.7. The van der Waals surface area contributed by atoms with Gasteiger partial charge in [-0.1, -0.05) is 18.2 Å². The van der Waals surface area contributed by atoms with Crippen molar-refractivity contribution in [2.75, 3.05) is 6.61 Å². The van der Waals surface area contributed by atoms with Crippen LogP contribution in [0.4, 0.5) is 0 Å². The zero-order valence-electron chi connectivity index (χ0n) is 13.8. The maximum atomic E-state index is 12.9. The molecule has 0 unspecified atom stereocenters. The SMILES string of the molecule is O=c1c2sccc2n(CCOc2ccccc2)c(=O)n1Cc1ccco1. The first-order valence-corrected chi connectivity index (χ1v) is 9.03. The van der Waals surface area contributed by atoms with Crippen LogP contribution in [0.2, 0.25) is 0 Å². The number of nitrogens with zero attached hydrogens (tertiary/aromatic N) is 2. The number of hydrogen-bond donors (Lipinski definition) is 0. The molecule has 0 saturated carbocycles. The van der Waals surface area contributed by atoms with Crippen molar-refractivity contribution in [3.05, 3.63) is 86.8 Å². The second-order valence-corrected chi connectivity index (χ2v) is 6.62. The molecule has 4 rings (SSSR count). The van der Waals surface area contributed by atoms with Gasteiger partial charge in [0.2, 0.25) is 0 Å². The zero-order chi connectivity index (χ0) is 17.9. The molecule has 132 valence electrons. The molecule has 6 nitrogen and oxygen atoms in total. The van der Waals surface area contributed by atoms with Crippen LogP contribution in [0.15, 0.2) is 74.2 Å². The number of ether oxygens (including phenoxy) is 1. The molecule has 1 aromatic carbocycles. The summed E-state index contributed by atoms with van der Waals surface area (Å²) < 4.78 is 14.3. The van der Waals surface area contributed by atoms with E-state index in [1.165, 1.54) is 22.2 Å². The molecule has 0 aliphatic rings. The van der Waals surface area contributed by atoms with Crippen LogP contribution in [0, 0.1) is 0 Å². The summed E-state index contributed by atoms with van der Waals surface area (Å²) in [6.07, 6.45) is 1.52. The van der Waals surface area contributed by atoms with Crippen molar-refractivity contribution < 1.29 is 9.15 Å². The van der Waals surface area contributed by atoms with Crippen molar-refractivity contribution in [2.24, 2.45) is 0 Å². The summed E-state index contributed by atoms with van der Waals surface area (Å²) in [7, 11) is 0. The third-order valence-corrected chi connectivity index (χ3v) is 4.95. The van der Waals surface area contributed by atoms with Crippen LogP contribution in [0.25, 0.3) is 10.2 Å². The Hall–Kier alpha value is -3.06. The lowest BCUT2D eigenvalue weighted by atomic mass is 10.3. The van der Waals surface area contributed by atoms with Crippen LogP contribution in [0.3, 0.4) is 0 Å². The lowest BCUT2D eigenvalue weighted by molar-refractivity contribution is 0.296. The number of para-hydroxylation sites is 1. The Morgan fingerprint density at radius 1 is 1.00 bits per heavy atom. The molecule has 0 saturated heterocycles. The predicted octanol–water partition coefficient (Wildman–Crippen LogP) is 2.95. The minimum atomic E-state index is -0.367. The summed E-state index contributed by atoms with van der Waals surface area (Å²) in [5, 5.41) is 1.82. The minimum Gasteiger partial charge on any atom is -0.492 e. The van der Waals surface area contributed by atoms with E-state index >= 15 is 0 Å². The number of hydrogen-bond acceptors (Lipinski definition) is 5. The molecule has 0 spiro atoms. The summed E-state index contributed by atoms with van der Waals surface area (Å²) in [4.78, 5) is 25.6. The molecule has 0 atom stereocenters. The fourth-order valence-electron chi connectivity index (χ4n) is 2.82. The molecule has 4 aromatic rings. The topological polar surface area (TPSA) is 66.4 Å². The molecule has 0 N–H and O–H groups in total. The Morgan fingerprint density at radius 3 is 2.62 bits per heavy atom. The molecule has 0 aliphatic carbocycles. The number of thiophene rings is 1. The van der Waals surface area contributed by atoms with E-state index in [0.717, 1.165) is 5.75 Å². The Labute approximate surface area is 152 Å². The average Bonchev–Trinajstić information content (AvgIpc) is 3.34. The second kappa shape index (κ2) is 7.05. The van der Waals surface area contributed by atoms with Gasteiger partial charge in [0.05, 0.1) is 24.9 Å². The van der Waals surface area contributed by atoms with Crippen molar-refractivity contribution >= 4 is 21.6 Å². The van der Waals surface area contributed by atoms with Crippen LogP contribution >= 0.6 is 11.3 Å². The molecule has 0 radical (unpaired) electrons. The van der Waals surface area contributed by atoms with E-state index < -0.39 is 0 Å². The molecule has 0 amide bonds. The summed E-state index contributed by atoms with van der Waals surface area (Å²) in [6, 6.07) is 14.7. The molecule has 0 fully saturated rings. The quantitative estimate of drug-likeness (QED) is 0.525. The van der Waals surface area contributed by atoms with Crippen LogP contribution in [-0.4, -0.2) is 15.7 Å². The predicted molar refractivity (Wildman–Crippen MR) is 100 cm³/mol. The fraction of sp³-hybridized carbons (Fsp3) is 0.158. The molecular weight excluding hydrogens is 352 g/mol. The van der Waals surface area contributed by atoms with Gasteiger partial charge >= 0.3 is 5.69 Å². The number of fused-ring (bicyclic) bond motifs is 1. The molecule has 7 heteroatoms. The highest BCUT2D eigenvalue weighted by Crippen LogP contribution is 2.16. The summed E-state index contributed by atoms with van der Waals surface area (Å²) in [5.74, 6) is 1.30. The number of benzene rings is 1. The lowest BCUT2D eigenvalue weighted by Crippen LogP contribution is -2.40. The molecule has 0 aliphatic heterocycles. The summed E-state index contributed by atoms with van der Waals surface area (Å²) in [5.41, 5.74) is -0.0251. The van der Waals surface area contributed by atoms with Gasteiger partial charge in [0.25, 0.3) is 5.56 Å². The minimum absolute atomic E-state index is 0.109. The van der Waals surface area contributed by atoms with E-state index in [1.807, 2.05) is 35.7 Å². The van der Waals surface area contributed by atoms with Crippen LogP contribution in [0.5, 0.6) is 5.75 Å². The molecule has 3 aromatic heterocycles. The molecular formula is C19H16N2O4S. The highest BCUT2D eigenvalue weighted by Gasteiger charge is 2.15. The number of aromatic nitrogens is 2. The van der Waals surface area contributed by atoms with Gasteiger partial charge in [-0.2, -0.15) is 0 Å². The van der Waals surface area contributed by atoms with E-state index in [9.17, 15) is 9.59 Å². The van der Waals surface area contributed by atoms with Gasteiger partial charge in [-0.3, -0.25) is 13.9 Å². The normalized spacial score (nSPS) is 11.1. The maximum absolute atomic E-state index is 12.9. The van der Waals surface area contributed by atoms with Gasteiger partial charge in [-0.25, -0.2) is 4.79 Å². The van der Waals surface area contributed by atoms with Crippen molar-refractivity contribution in [3.63, 3.8) is 0 Å². The van der Waals surface area contributed by atoms with Gasteiger partial charge in [-0.15, -0.1) is 11.3 Å². The van der Waals surface area contributed by atoms with Crippen molar-refractivity contribution in [1.82, 2.24) is 9.13 Å². The third-order valence-electron chi connectivity index (χ3n) is 4.06. The van der Waals surface area contributed by atoms with Crippen LogP contribution in [0.1, 0.15) is 5.76 Å². The van der Waals surface area contributed by atoms with Gasteiger partial charge in [0.1, 0.15) is 22.8 Å². The molecule has 0 bridgehead atoms. The van der Waals surface area contributed by atoms with Crippen molar-refractivity contribution in [3.8, 4) is 5.75 Å². The Morgan fingerprint density at radius 2 is 1.85 bits per heavy atom. The zero-order valence-corrected chi connectivity index (χ0v) is 14.6. The van der Waals surface area contributed by atoms with E-state index in [4.69, 9.17) is 9.15 Å². The first-order valence-electron chi connectivity index (χ1n) is 8.15. The molecule has 3 heterocycles. The van der Waals surface area contributed by atoms with Gasteiger partial charge in [0.15, 0.2) is 0 Å². The Kier molecular flexibility index (Phi) is 4.45. The maximum Gasteiger partial charge on any atom is 0.332 e. The van der Waals surface area contributed by atoms with Gasteiger partial charge in [0, 0.05) is 0 Å². The third kappa shape index (κ3) is 3.09. The molecule has 26 heavy (non-hydrogen) atoms. The Bertz CT molecular complexity index is 1120.